The largest absolute Gasteiger partial charge is 0.469 e. The molecule has 0 spiro atoms. The van der Waals surface area contributed by atoms with Crippen LogP contribution in [0.1, 0.15) is 61.8 Å². The molecule has 7 nitrogen and oxygen atoms in total. The van der Waals surface area contributed by atoms with Gasteiger partial charge in [0.05, 0.1) is 25.7 Å². The number of nitrogens with one attached hydrogen (secondary N) is 1. The minimum Gasteiger partial charge on any atom is -0.469 e. The molecule has 8 heteroatoms. The van der Waals surface area contributed by atoms with Crippen LogP contribution in [0.15, 0.2) is 60.7 Å². The number of rotatable bonds is 11. The van der Waals surface area contributed by atoms with E-state index in [2.05, 4.69) is 10.1 Å². The molecule has 1 aliphatic carbocycles. The number of benzene rings is 2. The van der Waals surface area contributed by atoms with Gasteiger partial charge in [-0.1, -0.05) is 48.5 Å². The van der Waals surface area contributed by atoms with E-state index in [9.17, 15) is 24.2 Å². The van der Waals surface area contributed by atoms with E-state index in [1.807, 2.05) is 48.7 Å². The lowest BCUT2D eigenvalue weighted by atomic mass is 9.94. The second-order valence-electron chi connectivity index (χ2n) is 10.2. The predicted molar refractivity (Wildman–Crippen MR) is 148 cm³/mol. The zero-order valence-corrected chi connectivity index (χ0v) is 22.4. The number of esters is 1. The van der Waals surface area contributed by atoms with Crippen molar-refractivity contribution in [1.82, 2.24) is 9.88 Å². The highest BCUT2D eigenvalue weighted by Gasteiger charge is 2.32. The summed E-state index contributed by atoms with van der Waals surface area (Å²) in [5.74, 6) is -1.13. The first kappa shape index (κ1) is 28.3. The molecule has 0 aliphatic heterocycles. The molecule has 0 saturated heterocycles. The Hall–Kier alpha value is -3.75. The van der Waals surface area contributed by atoms with E-state index in [1.54, 1.807) is 24.3 Å². The van der Waals surface area contributed by atoms with E-state index in [-0.39, 0.29) is 36.6 Å². The molecule has 1 aromatic heterocycles. The lowest BCUT2D eigenvalue weighted by Gasteiger charge is -2.17. The van der Waals surface area contributed by atoms with Gasteiger partial charge >= 0.3 is 5.97 Å². The van der Waals surface area contributed by atoms with Crippen molar-refractivity contribution in [1.29, 1.82) is 0 Å². The molecule has 2 atom stereocenters. The third-order valence-corrected chi connectivity index (χ3v) is 6.70. The van der Waals surface area contributed by atoms with E-state index in [4.69, 9.17) is 0 Å². The third kappa shape index (κ3) is 6.82. The first-order chi connectivity index (χ1) is 18.7. The van der Waals surface area contributed by atoms with Gasteiger partial charge in [-0.3, -0.25) is 9.59 Å². The average Bonchev–Trinajstić information content (AvgIpc) is 3.65. The second-order valence-corrected chi connectivity index (χ2v) is 10.2. The zero-order chi connectivity index (χ0) is 28.1. The summed E-state index contributed by atoms with van der Waals surface area (Å²) in [6, 6.07) is 15.7. The van der Waals surface area contributed by atoms with Gasteiger partial charge in [-0.2, -0.15) is 0 Å². The van der Waals surface area contributed by atoms with Crippen molar-refractivity contribution >= 4 is 18.0 Å². The van der Waals surface area contributed by atoms with Gasteiger partial charge in [0.1, 0.15) is 11.5 Å². The summed E-state index contributed by atoms with van der Waals surface area (Å²) in [5.41, 5.74) is 4.15. The first-order valence-electron chi connectivity index (χ1n) is 13.2. The summed E-state index contributed by atoms with van der Waals surface area (Å²) in [6.07, 6.45) is 2.71. The summed E-state index contributed by atoms with van der Waals surface area (Å²) in [4.78, 5) is 25.2. The maximum absolute atomic E-state index is 13.9. The van der Waals surface area contributed by atoms with Gasteiger partial charge in [0.2, 0.25) is 0 Å². The quantitative estimate of drug-likeness (QED) is 0.297. The molecule has 39 heavy (non-hydrogen) atoms. The molecular weight excluding hydrogens is 499 g/mol. The van der Waals surface area contributed by atoms with Gasteiger partial charge in [0.15, 0.2) is 0 Å². The fraction of sp³-hybridized carbons (Fsp3) is 0.355. The second kappa shape index (κ2) is 12.4. The van der Waals surface area contributed by atoms with Gasteiger partial charge in [0, 0.05) is 35.3 Å². The minimum absolute atomic E-state index is 0.0690. The first-order valence-corrected chi connectivity index (χ1v) is 13.2. The number of nitrogens with zero attached hydrogens (tertiary/aromatic N) is 1. The molecular formula is C31H35FN2O5. The molecule has 3 N–H and O–H groups in total. The van der Waals surface area contributed by atoms with Crippen LogP contribution in [0.5, 0.6) is 0 Å². The zero-order valence-electron chi connectivity index (χ0n) is 22.4. The van der Waals surface area contributed by atoms with Crippen LogP contribution in [0.3, 0.4) is 0 Å². The van der Waals surface area contributed by atoms with Gasteiger partial charge in [-0.15, -0.1) is 0 Å². The van der Waals surface area contributed by atoms with Crippen molar-refractivity contribution in [3.05, 3.63) is 77.9 Å². The number of carbonyl (C=O) groups excluding carboxylic acids is 2. The number of halogens is 1. The van der Waals surface area contributed by atoms with Crippen molar-refractivity contribution in [2.75, 3.05) is 7.11 Å². The lowest BCUT2D eigenvalue weighted by molar-refractivity contribution is -0.143. The number of hydrogen-bond acceptors (Lipinski definition) is 5. The molecule has 1 saturated carbocycles. The minimum atomic E-state index is -1.08. The van der Waals surface area contributed by atoms with E-state index in [0.29, 0.717) is 17.0 Å². The van der Waals surface area contributed by atoms with Crippen LogP contribution >= 0.6 is 0 Å². The van der Waals surface area contributed by atoms with E-state index in [0.717, 1.165) is 29.5 Å². The number of aliphatic hydroxyl groups is 2. The fourth-order valence-corrected chi connectivity index (χ4v) is 4.73. The van der Waals surface area contributed by atoms with Gasteiger partial charge in [-0.25, -0.2) is 4.39 Å². The Balaban J connectivity index is 1.89. The number of aromatic nitrogens is 1. The number of hydrogen-bond donors (Lipinski definition) is 3. The third-order valence-electron chi connectivity index (χ3n) is 6.70. The molecule has 1 fully saturated rings. The highest BCUT2D eigenvalue weighted by Crippen LogP contribution is 2.42. The summed E-state index contributed by atoms with van der Waals surface area (Å²) < 4.78 is 20.5. The average molecular weight is 535 g/mol. The SMILES string of the molecule is COC(=O)C[C@H](O)C[C@H](O)/C=C/c1c(-c2ccc(F)cc2)c(-c2ccccc2)c(C(=O)NC2CC2)n1C(C)C. The Morgan fingerprint density at radius 3 is 2.28 bits per heavy atom. The van der Waals surface area contributed by atoms with Gasteiger partial charge < -0.3 is 24.8 Å². The van der Waals surface area contributed by atoms with Crippen molar-refractivity contribution in [3.63, 3.8) is 0 Å². The van der Waals surface area contributed by atoms with Crippen molar-refractivity contribution in [2.45, 2.75) is 63.8 Å². The Labute approximate surface area is 227 Å². The maximum Gasteiger partial charge on any atom is 0.308 e. The van der Waals surface area contributed by atoms with Crippen LogP contribution in [-0.2, 0) is 9.53 Å². The number of aliphatic hydroxyl groups excluding tert-OH is 2. The van der Waals surface area contributed by atoms with Crippen LogP contribution in [-0.4, -0.2) is 52.0 Å². The molecule has 0 radical (unpaired) electrons. The maximum atomic E-state index is 13.9. The van der Waals surface area contributed by atoms with E-state index >= 15 is 0 Å². The topological polar surface area (TPSA) is 101 Å². The van der Waals surface area contributed by atoms with Crippen LogP contribution in [0.2, 0.25) is 0 Å². The number of methoxy groups -OCH3 is 1. The number of amides is 1. The number of carbonyl (C=O) groups is 2. The summed E-state index contributed by atoms with van der Waals surface area (Å²) in [6.45, 7) is 3.95. The van der Waals surface area contributed by atoms with Crippen molar-refractivity contribution < 1.29 is 28.9 Å². The summed E-state index contributed by atoms with van der Waals surface area (Å²) >= 11 is 0. The molecule has 206 valence electrons. The molecule has 3 aromatic rings. The highest BCUT2D eigenvalue weighted by molar-refractivity contribution is 6.06. The molecule has 2 aromatic carbocycles. The lowest BCUT2D eigenvalue weighted by Crippen LogP contribution is -2.29. The van der Waals surface area contributed by atoms with E-state index in [1.165, 1.54) is 19.2 Å². The molecule has 1 heterocycles. The molecule has 0 bridgehead atoms. The molecule has 0 unspecified atom stereocenters. The van der Waals surface area contributed by atoms with Crippen molar-refractivity contribution in [3.8, 4) is 22.3 Å². The van der Waals surface area contributed by atoms with Crippen LogP contribution in [0, 0.1) is 5.82 Å². The van der Waals surface area contributed by atoms with Gasteiger partial charge in [0.25, 0.3) is 5.91 Å². The molecule has 1 amide bonds. The molecule has 4 rings (SSSR count). The highest BCUT2D eigenvalue weighted by atomic mass is 19.1. The Morgan fingerprint density at radius 1 is 1.05 bits per heavy atom. The van der Waals surface area contributed by atoms with E-state index < -0.39 is 18.2 Å². The van der Waals surface area contributed by atoms with Crippen LogP contribution in [0.25, 0.3) is 28.3 Å². The van der Waals surface area contributed by atoms with Crippen molar-refractivity contribution in [2.24, 2.45) is 0 Å². The standard InChI is InChI=1S/C31H35FN2O5/c1-19(2)34-26(16-15-24(35)17-25(36)18-27(37)39-3)28(21-9-11-22(32)12-10-21)29(20-7-5-4-6-8-20)30(34)31(38)33-23-13-14-23/h4-12,15-16,19,23-25,35-36H,13-14,17-18H2,1-3H3,(H,33,38)/b16-15+/t24-,25-/m1/s1. The summed E-state index contributed by atoms with van der Waals surface area (Å²) in [5, 5.41) is 24.0. The van der Waals surface area contributed by atoms with Crippen LogP contribution in [0.4, 0.5) is 4.39 Å². The van der Waals surface area contributed by atoms with Gasteiger partial charge in [-0.05, 0) is 56.0 Å². The Morgan fingerprint density at radius 2 is 1.69 bits per heavy atom. The molecule has 1 aliphatic rings. The fourth-order valence-electron chi connectivity index (χ4n) is 4.73. The Kier molecular flexibility index (Phi) is 8.99. The monoisotopic (exact) mass is 534 g/mol. The Bertz CT molecular complexity index is 1330. The summed E-state index contributed by atoms with van der Waals surface area (Å²) in [7, 11) is 1.24. The predicted octanol–water partition coefficient (Wildman–Crippen LogP) is 5.12. The smallest absolute Gasteiger partial charge is 0.308 e. The normalized spacial score (nSPS) is 14.9. The van der Waals surface area contributed by atoms with Crippen LogP contribution < -0.4 is 5.32 Å². The number of ether oxygens (including phenoxy) is 1.